The molecule has 0 heterocycles. The molecule has 18 heavy (non-hydrogen) atoms. The van der Waals surface area contributed by atoms with E-state index in [2.05, 4.69) is 27.7 Å². The predicted octanol–water partition coefficient (Wildman–Crippen LogP) is 5.31. The molecule has 1 N–H and O–H groups in total. The maximum atomic E-state index is 10.7. The highest BCUT2D eigenvalue weighted by Gasteiger charge is 2.34. The van der Waals surface area contributed by atoms with Crippen molar-refractivity contribution in [3.63, 3.8) is 0 Å². The van der Waals surface area contributed by atoms with E-state index in [1.165, 1.54) is 44.9 Å². The summed E-state index contributed by atoms with van der Waals surface area (Å²) in [4.78, 5) is 0. The molecule has 0 spiro atoms. The molecule has 1 aliphatic rings. The summed E-state index contributed by atoms with van der Waals surface area (Å²) in [6.45, 7) is 9.30. The Morgan fingerprint density at radius 3 is 2.39 bits per heavy atom. The Bertz CT molecular complexity index is 228. The van der Waals surface area contributed by atoms with Crippen molar-refractivity contribution in [2.75, 3.05) is 0 Å². The van der Waals surface area contributed by atoms with E-state index in [0.717, 1.165) is 25.2 Å². The minimum Gasteiger partial charge on any atom is -0.390 e. The zero-order valence-electron chi connectivity index (χ0n) is 13.1. The van der Waals surface area contributed by atoms with Gasteiger partial charge in [0.05, 0.1) is 5.60 Å². The first-order valence-corrected chi connectivity index (χ1v) is 8.10. The molecule has 0 bridgehead atoms. The van der Waals surface area contributed by atoms with E-state index in [-0.39, 0.29) is 5.60 Å². The number of hydrogen-bond donors (Lipinski definition) is 1. The van der Waals surface area contributed by atoms with E-state index < -0.39 is 0 Å². The zero-order chi connectivity index (χ0) is 13.6. The quantitative estimate of drug-likeness (QED) is 0.520. The topological polar surface area (TPSA) is 20.2 Å². The minimum atomic E-state index is -0.340. The van der Waals surface area contributed by atoms with Gasteiger partial charge in [0, 0.05) is 0 Å². The highest BCUT2D eigenvalue weighted by atomic mass is 16.3. The average molecular weight is 254 g/mol. The first-order chi connectivity index (χ1) is 8.37. The van der Waals surface area contributed by atoms with Crippen LogP contribution in [0, 0.1) is 11.3 Å². The van der Waals surface area contributed by atoms with Gasteiger partial charge >= 0.3 is 0 Å². The van der Waals surface area contributed by atoms with Crippen molar-refractivity contribution < 1.29 is 5.11 Å². The lowest BCUT2D eigenvalue weighted by Gasteiger charge is -2.31. The lowest BCUT2D eigenvalue weighted by Crippen LogP contribution is -2.28. The summed E-state index contributed by atoms with van der Waals surface area (Å²) in [6, 6.07) is 0. The predicted molar refractivity (Wildman–Crippen MR) is 79.7 cm³/mol. The normalized spacial score (nSPS) is 30.2. The van der Waals surface area contributed by atoms with E-state index in [9.17, 15) is 5.11 Å². The summed E-state index contributed by atoms with van der Waals surface area (Å²) in [6.07, 6.45) is 11.9. The number of rotatable bonds is 5. The fourth-order valence-electron chi connectivity index (χ4n) is 3.39. The Morgan fingerprint density at radius 2 is 1.78 bits per heavy atom. The molecule has 0 aliphatic heterocycles. The first-order valence-electron chi connectivity index (χ1n) is 8.10. The molecule has 0 amide bonds. The summed E-state index contributed by atoms with van der Waals surface area (Å²) >= 11 is 0. The summed E-state index contributed by atoms with van der Waals surface area (Å²) in [5, 5.41) is 10.7. The molecule has 108 valence electrons. The molecule has 0 aromatic rings. The third-order valence-corrected chi connectivity index (χ3v) is 4.87. The van der Waals surface area contributed by atoms with Gasteiger partial charge in [-0.2, -0.15) is 0 Å². The second kappa shape index (κ2) is 6.93. The van der Waals surface area contributed by atoms with E-state index in [1.54, 1.807) is 0 Å². The smallest absolute Gasteiger partial charge is 0.0648 e. The second-order valence-electron chi connectivity index (χ2n) is 7.53. The lowest BCUT2D eigenvalue weighted by molar-refractivity contribution is 0.0115. The van der Waals surface area contributed by atoms with Gasteiger partial charge in [0.25, 0.3) is 0 Å². The SMILES string of the molecule is CCCCCCC1(O)CCCC(C(C)(C)C)CC1. The highest BCUT2D eigenvalue weighted by molar-refractivity contribution is 4.86. The zero-order valence-corrected chi connectivity index (χ0v) is 13.1. The van der Waals surface area contributed by atoms with Crippen molar-refractivity contribution in [3.05, 3.63) is 0 Å². The third kappa shape index (κ3) is 5.30. The molecule has 0 radical (unpaired) electrons. The Morgan fingerprint density at radius 1 is 1.06 bits per heavy atom. The summed E-state index contributed by atoms with van der Waals surface area (Å²) in [7, 11) is 0. The molecule has 2 unspecified atom stereocenters. The van der Waals surface area contributed by atoms with Crippen molar-refractivity contribution in [1.29, 1.82) is 0 Å². The highest BCUT2D eigenvalue weighted by Crippen LogP contribution is 2.41. The van der Waals surface area contributed by atoms with Crippen LogP contribution in [-0.2, 0) is 0 Å². The molecule has 1 rings (SSSR count). The fraction of sp³-hybridized carbons (Fsp3) is 1.00. The molecule has 1 aliphatic carbocycles. The fourth-order valence-corrected chi connectivity index (χ4v) is 3.39. The van der Waals surface area contributed by atoms with Crippen molar-refractivity contribution in [2.45, 2.75) is 97.5 Å². The van der Waals surface area contributed by atoms with Gasteiger partial charge in [-0.05, 0) is 43.4 Å². The van der Waals surface area contributed by atoms with Crippen molar-refractivity contribution in [2.24, 2.45) is 11.3 Å². The van der Waals surface area contributed by atoms with Crippen LogP contribution in [0.15, 0.2) is 0 Å². The lowest BCUT2D eigenvalue weighted by atomic mass is 9.76. The molecule has 0 aromatic heterocycles. The van der Waals surface area contributed by atoms with Crippen LogP contribution in [0.4, 0.5) is 0 Å². The van der Waals surface area contributed by atoms with Crippen LogP contribution in [0.5, 0.6) is 0 Å². The maximum absolute atomic E-state index is 10.7. The van der Waals surface area contributed by atoms with Gasteiger partial charge in [0.15, 0.2) is 0 Å². The summed E-state index contributed by atoms with van der Waals surface area (Å²) in [5.41, 5.74) is 0.0706. The third-order valence-electron chi connectivity index (χ3n) is 4.87. The van der Waals surface area contributed by atoms with E-state index in [1.807, 2.05) is 0 Å². The number of hydrogen-bond acceptors (Lipinski definition) is 1. The monoisotopic (exact) mass is 254 g/mol. The van der Waals surface area contributed by atoms with Crippen LogP contribution in [0.2, 0.25) is 0 Å². The molecule has 0 saturated heterocycles. The van der Waals surface area contributed by atoms with Crippen LogP contribution in [0.25, 0.3) is 0 Å². The maximum Gasteiger partial charge on any atom is 0.0648 e. The van der Waals surface area contributed by atoms with Gasteiger partial charge in [-0.3, -0.25) is 0 Å². The molecule has 0 aromatic carbocycles. The van der Waals surface area contributed by atoms with Gasteiger partial charge in [-0.1, -0.05) is 59.8 Å². The Hall–Kier alpha value is -0.0400. The minimum absolute atomic E-state index is 0.340. The molecular formula is C17H34O. The average Bonchev–Trinajstić information content (AvgIpc) is 2.47. The van der Waals surface area contributed by atoms with Crippen molar-refractivity contribution >= 4 is 0 Å². The van der Waals surface area contributed by atoms with E-state index in [0.29, 0.717) is 5.41 Å². The van der Waals surface area contributed by atoms with Crippen molar-refractivity contribution in [3.8, 4) is 0 Å². The molecular weight excluding hydrogens is 220 g/mol. The van der Waals surface area contributed by atoms with Gasteiger partial charge in [-0.15, -0.1) is 0 Å². The molecule has 1 saturated carbocycles. The van der Waals surface area contributed by atoms with Gasteiger partial charge in [-0.25, -0.2) is 0 Å². The van der Waals surface area contributed by atoms with Gasteiger partial charge in [0.1, 0.15) is 0 Å². The van der Waals surface area contributed by atoms with Crippen LogP contribution in [0.1, 0.15) is 91.9 Å². The van der Waals surface area contributed by atoms with E-state index >= 15 is 0 Å². The van der Waals surface area contributed by atoms with Crippen LogP contribution >= 0.6 is 0 Å². The van der Waals surface area contributed by atoms with Crippen LogP contribution < -0.4 is 0 Å². The van der Waals surface area contributed by atoms with Gasteiger partial charge < -0.3 is 5.11 Å². The molecule has 1 heteroatoms. The Kier molecular flexibility index (Phi) is 6.17. The van der Waals surface area contributed by atoms with Crippen LogP contribution in [-0.4, -0.2) is 10.7 Å². The number of unbranched alkanes of at least 4 members (excludes halogenated alkanes) is 3. The first kappa shape index (κ1) is 16.0. The van der Waals surface area contributed by atoms with Crippen molar-refractivity contribution in [1.82, 2.24) is 0 Å². The summed E-state index contributed by atoms with van der Waals surface area (Å²) < 4.78 is 0. The Labute approximate surface area is 114 Å². The number of aliphatic hydroxyl groups is 1. The standard InChI is InChI=1S/C17H34O/c1-5-6-7-8-12-17(18)13-9-10-15(11-14-17)16(2,3)4/h15,18H,5-14H2,1-4H3. The summed E-state index contributed by atoms with van der Waals surface area (Å²) in [5.74, 6) is 0.794. The second-order valence-corrected chi connectivity index (χ2v) is 7.53. The molecule has 2 atom stereocenters. The largest absolute Gasteiger partial charge is 0.390 e. The van der Waals surface area contributed by atoms with Crippen LogP contribution in [0.3, 0.4) is 0 Å². The Balaban J connectivity index is 2.39. The molecule has 1 nitrogen and oxygen atoms in total. The van der Waals surface area contributed by atoms with E-state index in [4.69, 9.17) is 0 Å². The van der Waals surface area contributed by atoms with Gasteiger partial charge in [0.2, 0.25) is 0 Å². The molecule has 1 fully saturated rings.